The predicted molar refractivity (Wildman–Crippen MR) is 92.6 cm³/mol. The number of hydrogen-bond acceptors (Lipinski definition) is 4. The maximum absolute atomic E-state index is 12.2. The zero-order valence-corrected chi connectivity index (χ0v) is 13.9. The van der Waals surface area contributed by atoms with E-state index in [0.717, 1.165) is 34.6 Å². The molecule has 2 aliphatic carbocycles. The lowest BCUT2D eigenvalue weighted by molar-refractivity contribution is -0.119. The maximum Gasteiger partial charge on any atom is 0.230 e. The second kappa shape index (κ2) is 6.48. The molecule has 2 saturated carbocycles. The van der Waals surface area contributed by atoms with Crippen LogP contribution in [0.1, 0.15) is 50.3 Å². The zero-order chi connectivity index (χ0) is 15.6. The van der Waals surface area contributed by atoms with Crippen LogP contribution in [0.15, 0.2) is 29.3 Å². The summed E-state index contributed by atoms with van der Waals surface area (Å²) >= 11 is 1.54. The summed E-state index contributed by atoms with van der Waals surface area (Å²) in [7, 11) is 0. The standard InChI is InChI=1S/C18H21N3OS/c22-16(19-13-5-1-2-6-13)11-23-18-14-7-3-4-8-15(14)20-17(21-18)12-9-10-12/h3-4,7-8,12-13H,1-2,5-6,9-11H2,(H,19,22). The number of aromatic nitrogens is 2. The van der Waals surface area contributed by atoms with Crippen molar-refractivity contribution in [3.8, 4) is 0 Å². The highest BCUT2D eigenvalue weighted by atomic mass is 32.2. The Balaban J connectivity index is 1.49. The number of nitrogens with one attached hydrogen (secondary N) is 1. The van der Waals surface area contributed by atoms with Crippen LogP contribution < -0.4 is 5.32 Å². The summed E-state index contributed by atoms with van der Waals surface area (Å²) in [4.78, 5) is 21.6. The van der Waals surface area contributed by atoms with E-state index in [1.54, 1.807) is 0 Å². The van der Waals surface area contributed by atoms with Crippen molar-refractivity contribution < 1.29 is 4.79 Å². The summed E-state index contributed by atoms with van der Waals surface area (Å²) in [5.41, 5.74) is 0.989. The number of para-hydroxylation sites is 1. The molecule has 23 heavy (non-hydrogen) atoms. The van der Waals surface area contributed by atoms with E-state index < -0.39 is 0 Å². The number of thioether (sulfide) groups is 1. The molecule has 4 nitrogen and oxygen atoms in total. The molecule has 0 atom stereocenters. The van der Waals surface area contributed by atoms with Crippen LogP contribution in [0.4, 0.5) is 0 Å². The highest BCUT2D eigenvalue weighted by Gasteiger charge is 2.27. The second-order valence-electron chi connectivity index (χ2n) is 6.52. The van der Waals surface area contributed by atoms with Gasteiger partial charge in [-0.15, -0.1) is 0 Å². The Labute approximate surface area is 140 Å². The molecule has 0 radical (unpaired) electrons. The third kappa shape index (κ3) is 3.50. The minimum absolute atomic E-state index is 0.123. The van der Waals surface area contributed by atoms with Crippen LogP contribution in [0.5, 0.6) is 0 Å². The Morgan fingerprint density at radius 1 is 1.13 bits per heavy atom. The van der Waals surface area contributed by atoms with Gasteiger partial charge in [0, 0.05) is 17.3 Å². The number of carbonyl (C=O) groups is 1. The van der Waals surface area contributed by atoms with E-state index >= 15 is 0 Å². The van der Waals surface area contributed by atoms with Crippen molar-refractivity contribution in [2.75, 3.05) is 5.75 Å². The molecule has 2 aromatic rings. The van der Waals surface area contributed by atoms with Gasteiger partial charge in [0.05, 0.1) is 11.3 Å². The van der Waals surface area contributed by atoms with Crippen molar-refractivity contribution in [1.82, 2.24) is 15.3 Å². The topological polar surface area (TPSA) is 54.9 Å². The predicted octanol–water partition coefficient (Wildman–Crippen LogP) is 3.66. The van der Waals surface area contributed by atoms with E-state index in [0.29, 0.717) is 17.7 Å². The molecule has 0 spiro atoms. The van der Waals surface area contributed by atoms with Gasteiger partial charge in [-0.3, -0.25) is 4.79 Å². The van der Waals surface area contributed by atoms with Gasteiger partial charge in [-0.1, -0.05) is 42.8 Å². The molecule has 1 aromatic carbocycles. The van der Waals surface area contributed by atoms with Crippen LogP contribution in [0, 0.1) is 0 Å². The monoisotopic (exact) mass is 327 g/mol. The quantitative estimate of drug-likeness (QED) is 0.672. The first-order valence-electron chi connectivity index (χ1n) is 8.48. The van der Waals surface area contributed by atoms with Gasteiger partial charge in [0.2, 0.25) is 5.91 Å². The van der Waals surface area contributed by atoms with Gasteiger partial charge in [-0.05, 0) is 31.7 Å². The summed E-state index contributed by atoms with van der Waals surface area (Å²) in [6.45, 7) is 0. The largest absolute Gasteiger partial charge is 0.353 e. The Morgan fingerprint density at radius 2 is 1.91 bits per heavy atom. The van der Waals surface area contributed by atoms with Crippen LogP contribution in [-0.2, 0) is 4.79 Å². The van der Waals surface area contributed by atoms with Gasteiger partial charge < -0.3 is 5.32 Å². The summed E-state index contributed by atoms with van der Waals surface area (Å²) in [5.74, 6) is 2.02. The van der Waals surface area contributed by atoms with E-state index in [1.165, 1.54) is 37.4 Å². The fourth-order valence-electron chi connectivity index (χ4n) is 3.17. The lowest BCUT2D eigenvalue weighted by Gasteiger charge is -2.12. The molecule has 0 aliphatic heterocycles. The van der Waals surface area contributed by atoms with Crippen molar-refractivity contribution in [3.05, 3.63) is 30.1 Å². The highest BCUT2D eigenvalue weighted by Crippen LogP contribution is 2.39. The number of hydrogen-bond donors (Lipinski definition) is 1. The molecule has 0 unspecified atom stereocenters. The number of rotatable bonds is 5. The number of nitrogens with zero attached hydrogens (tertiary/aromatic N) is 2. The third-order valence-electron chi connectivity index (χ3n) is 4.59. The van der Waals surface area contributed by atoms with Gasteiger partial charge in [0.25, 0.3) is 0 Å². The zero-order valence-electron chi connectivity index (χ0n) is 13.1. The minimum Gasteiger partial charge on any atom is -0.353 e. The summed E-state index contributed by atoms with van der Waals surface area (Å²) in [5, 5.41) is 5.14. The molecular weight excluding hydrogens is 306 g/mol. The number of carbonyl (C=O) groups excluding carboxylic acids is 1. The Morgan fingerprint density at radius 3 is 2.70 bits per heavy atom. The van der Waals surface area contributed by atoms with Crippen LogP contribution >= 0.6 is 11.8 Å². The van der Waals surface area contributed by atoms with Crippen LogP contribution in [0.2, 0.25) is 0 Å². The van der Waals surface area contributed by atoms with E-state index in [4.69, 9.17) is 4.98 Å². The Kier molecular flexibility index (Phi) is 4.21. The molecule has 1 N–H and O–H groups in total. The highest BCUT2D eigenvalue weighted by molar-refractivity contribution is 8.00. The average molecular weight is 327 g/mol. The second-order valence-corrected chi connectivity index (χ2v) is 7.48. The van der Waals surface area contributed by atoms with Crippen molar-refractivity contribution >= 4 is 28.6 Å². The van der Waals surface area contributed by atoms with Crippen molar-refractivity contribution in [2.45, 2.75) is 55.5 Å². The molecule has 4 rings (SSSR count). The van der Waals surface area contributed by atoms with Gasteiger partial charge in [-0.2, -0.15) is 0 Å². The van der Waals surface area contributed by atoms with E-state index in [2.05, 4.69) is 10.3 Å². The molecule has 2 aliphatic rings. The summed E-state index contributed by atoms with van der Waals surface area (Å²) < 4.78 is 0. The molecule has 2 fully saturated rings. The molecule has 120 valence electrons. The summed E-state index contributed by atoms with van der Waals surface area (Å²) in [6, 6.07) is 8.47. The number of amides is 1. The summed E-state index contributed by atoms with van der Waals surface area (Å²) in [6.07, 6.45) is 7.09. The van der Waals surface area contributed by atoms with Crippen LogP contribution in [0.3, 0.4) is 0 Å². The molecule has 0 saturated heterocycles. The molecule has 0 bridgehead atoms. The smallest absolute Gasteiger partial charge is 0.230 e. The van der Waals surface area contributed by atoms with E-state index in [1.807, 2.05) is 24.3 Å². The Hall–Kier alpha value is -1.62. The van der Waals surface area contributed by atoms with Gasteiger partial charge in [0.15, 0.2) is 0 Å². The third-order valence-corrected chi connectivity index (χ3v) is 5.58. The minimum atomic E-state index is 0.123. The van der Waals surface area contributed by atoms with Gasteiger partial charge >= 0.3 is 0 Å². The van der Waals surface area contributed by atoms with Gasteiger partial charge in [-0.25, -0.2) is 9.97 Å². The first-order chi connectivity index (χ1) is 11.3. The first kappa shape index (κ1) is 14.9. The SMILES string of the molecule is O=C(CSc1nc(C2CC2)nc2ccccc12)NC1CCCC1. The lowest BCUT2D eigenvalue weighted by Crippen LogP contribution is -2.33. The Bertz CT molecular complexity index is 723. The molecular formula is C18H21N3OS. The fraction of sp³-hybridized carbons (Fsp3) is 0.500. The fourth-order valence-corrected chi connectivity index (χ4v) is 4.01. The average Bonchev–Trinajstić information content (AvgIpc) is 3.30. The normalized spacial score (nSPS) is 18.4. The van der Waals surface area contributed by atoms with E-state index in [9.17, 15) is 4.79 Å². The van der Waals surface area contributed by atoms with Crippen molar-refractivity contribution in [1.29, 1.82) is 0 Å². The molecule has 5 heteroatoms. The van der Waals surface area contributed by atoms with Crippen LogP contribution in [0.25, 0.3) is 10.9 Å². The maximum atomic E-state index is 12.2. The number of fused-ring (bicyclic) bond motifs is 1. The van der Waals surface area contributed by atoms with Crippen LogP contribution in [-0.4, -0.2) is 27.7 Å². The molecule has 1 heterocycles. The number of benzene rings is 1. The van der Waals surface area contributed by atoms with E-state index in [-0.39, 0.29) is 5.91 Å². The van der Waals surface area contributed by atoms with Crippen molar-refractivity contribution in [2.24, 2.45) is 0 Å². The molecule has 1 aromatic heterocycles. The van der Waals surface area contributed by atoms with Gasteiger partial charge in [0.1, 0.15) is 10.9 Å². The van der Waals surface area contributed by atoms with Crippen molar-refractivity contribution in [3.63, 3.8) is 0 Å². The first-order valence-corrected chi connectivity index (χ1v) is 9.47. The molecule has 1 amide bonds. The lowest BCUT2D eigenvalue weighted by atomic mass is 10.2.